The molecule has 5 heteroatoms. The van der Waals surface area contributed by atoms with Crippen LogP contribution in [-0.2, 0) is 4.74 Å². The van der Waals surface area contributed by atoms with E-state index in [1.165, 1.54) is 14.2 Å². The van der Waals surface area contributed by atoms with Gasteiger partial charge in [-0.25, -0.2) is 4.79 Å². The summed E-state index contributed by atoms with van der Waals surface area (Å²) in [5.74, 6) is -0.163. The highest BCUT2D eigenvalue weighted by molar-refractivity contribution is 9.10. The summed E-state index contributed by atoms with van der Waals surface area (Å²) in [5, 5.41) is 0.357. The van der Waals surface area contributed by atoms with Crippen molar-refractivity contribution in [2.75, 3.05) is 14.2 Å². The fourth-order valence-corrected chi connectivity index (χ4v) is 1.56. The largest absolute Gasteiger partial charge is 0.494 e. The minimum atomic E-state index is -0.476. The van der Waals surface area contributed by atoms with Crippen LogP contribution in [0.25, 0.3) is 0 Å². The molecule has 0 amide bonds. The van der Waals surface area contributed by atoms with Crippen LogP contribution < -0.4 is 4.74 Å². The Hall–Kier alpha value is -0.740. The van der Waals surface area contributed by atoms with E-state index in [-0.39, 0.29) is 0 Å². The number of halogens is 2. The third-order valence-corrected chi connectivity index (χ3v) is 2.92. The highest BCUT2D eigenvalue weighted by Gasteiger charge is 2.17. The second kappa shape index (κ2) is 4.66. The van der Waals surface area contributed by atoms with E-state index in [1.54, 1.807) is 12.1 Å². The lowest BCUT2D eigenvalue weighted by molar-refractivity contribution is 0.0597. The molecule has 1 rings (SSSR count). The van der Waals surface area contributed by atoms with Gasteiger partial charge in [0.05, 0.1) is 19.2 Å². The van der Waals surface area contributed by atoms with Crippen LogP contribution >= 0.6 is 27.5 Å². The quantitative estimate of drug-likeness (QED) is 0.781. The summed E-state index contributed by atoms with van der Waals surface area (Å²) in [6.45, 7) is 0. The van der Waals surface area contributed by atoms with Crippen molar-refractivity contribution in [1.29, 1.82) is 0 Å². The van der Waals surface area contributed by atoms with Gasteiger partial charge in [0.1, 0.15) is 5.56 Å². The molecule has 1 aromatic carbocycles. The number of rotatable bonds is 2. The lowest BCUT2D eigenvalue weighted by Crippen LogP contribution is -2.04. The van der Waals surface area contributed by atoms with Gasteiger partial charge in [-0.3, -0.25) is 0 Å². The van der Waals surface area contributed by atoms with E-state index in [4.69, 9.17) is 16.3 Å². The maximum Gasteiger partial charge on any atom is 0.341 e. The predicted molar refractivity (Wildman–Crippen MR) is 57.0 cm³/mol. The Morgan fingerprint density at radius 1 is 1.43 bits per heavy atom. The predicted octanol–water partition coefficient (Wildman–Crippen LogP) is 2.90. The molecule has 0 aliphatic heterocycles. The van der Waals surface area contributed by atoms with Crippen LogP contribution in [0.4, 0.5) is 0 Å². The van der Waals surface area contributed by atoms with Crippen LogP contribution in [0.1, 0.15) is 10.4 Å². The Morgan fingerprint density at radius 2 is 2.07 bits per heavy atom. The number of benzene rings is 1. The maximum absolute atomic E-state index is 11.3. The lowest BCUT2D eigenvalue weighted by Gasteiger charge is -2.09. The van der Waals surface area contributed by atoms with Crippen LogP contribution in [-0.4, -0.2) is 20.2 Å². The van der Waals surface area contributed by atoms with Gasteiger partial charge in [-0.1, -0.05) is 11.6 Å². The summed E-state index contributed by atoms with van der Waals surface area (Å²) in [6, 6.07) is 3.25. The van der Waals surface area contributed by atoms with Gasteiger partial charge in [0.25, 0.3) is 0 Å². The van der Waals surface area contributed by atoms with Crippen molar-refractivity contribution in [3.8, 4) is 5.75 Å². The Balaban J connectivity index is 3.31. The molecule has 14 heavy (non-hydrogen) atoms. The summed E-state index contributed by atoms with van der Waals surface area (Å²) < 4.78 is 10.3. The van der Waals surface area contributed by atoms with Crippen molar-refractivity contribution in [2.24, 2.45) is 0 Å². The zero-order valence-electron chi connectivity index (χ0n) is 7.64. The van der Waals surface area contributed by atoms with Gasteiger partial charge in [0.15, 0.2) is 5.75 Å². The normalized spacial score (nSPS) is 9.71. The first-order valence-electron chi connectivity index (χ1n) is 3.72. The minimum absolute atomic E-state index is 0.309. The van der Waals surface area contributed by atoms with Crippen molar-refractivity contribution in [3.63, 3.8) is 0 Å². The van der Waals surface area contributed by atoms with Crippen LogP contribution in [0.2, 0.25) is 5.02 Å². The molecule has 0 radical (unpaired) electrons. The average Bonchev–Trinajstić information content (AvgIpc) is 2.20. The molecule has 0 saturated heterocycles. The standard InChI is InChI=1S/C9H8BrClO3/c1-13-8-5(9(12)14-2)3-4-6(10)7(8)11/h3-4H,1-2H3. The first-order valence-corrected chi connectivity index (χ1v) is 4.89. The van der Waals surface area contributed by atoms with Crippen LogP contribution in [0.3, 0.4) is 0 Å². The zero-order chi connectivity index (χ0) is 10.7. The second-order valence-electron chi connectivity index (χ2n) is 2.43. The third kappa shape index (κ3) is 2.01. The van der Waals surface area contributed by atoms with Gasteiger partial charge in [-0.15, -0.1) is 0 Å². The topological polar surface area (TPSA) is 35.5 Å². The van der Waals surface area contributed by atoms with E-state index in [2.05, 4.69) is 20.7 Å². The molecular weight excluding hydrogens is 271 g/mol. The van der Waals surface area contributed by atoms with Crippen molar-refractivity contribution in [3.05, 3.63) is 27.2 Å². The Bertz CT molecular complexity index is 365. The molecule has 76 valence electrons. The van der Waals surface area contributed by atoms with Gasteiger partial charge in [-0.05, 0) is 28.1 Å². The zero-order valence-corrected chi connectivity index (χ0v) is 9.98. The number of methoxy groups -OCH3 is 2. The molecule has 0 aromatic heterocycles. The maximum atomic E-state index is 11.3. The summed E-state index contributed by atoms with van der Waals surface area (Å²) in [6.07, 6.45) is 0. The molecular formula is C9H8BrClO3. The van der Waals surface area contributed by atoms with E-state index in [0.29, 0.717) is 20.8 Å². The first-order chi connectivity index (χ1) is 6.61. The van der Waals surface area contributed by atoms with Gasteiger partial charge < -0.3 is 9.47 Å². The Morgan fingerprint density at radius 3 is 2.57 bits per heavy atom. The van der Waals surface area contributed by atoms with Crippen LogP contribution in [0.5, 0.6) is 5.75 Å². The van der Waals surface area contributed by atoms with Gasteiger partial charge in [0, 0.05) is 4.47 Å². The van der Waals surface area contributed by atoms with Crippen molar-refractivity contribution in [2.45, 2.75) is 0 Å². The van der Waals surface area contributed by atoms with Gasteiger partial charge in [-0.2, -0.15) is 0 Å². The molecule has 0 aliphatic carbocycles. The van der Waals surface area contributed by atoms with E-state index < -0.39 is 5.97 Å². The minimum Gasteiger partial charge on any atom is -0.494 e. The van der Waals surface area contributed by atoms with Crippen molar-refractivity contribution >= 4 is 33.5 Å². The summed E-state index contributed by atoms with van der Waals surface area (Å²) in [7, 11) is 2.75. The molecule has 0 fully saturated rings. The summed E-state index contributed by atoms with van der Waals surface area (Å²) >= 11 is 9.15. The van der Waals surface area contributed by atoms with Gasteiger partial charge >= 0.3 is 5.97 Å². The average molecular weight is 280 g/mol. The molecule has 0 atom stereocenters. The summed E-state index contributed by atoms with van der Waals surface area (Å²) in [5.41, 5.74) is 0.309. The molecule has 1 aromatic rings. The van der Waals surface area contributed by atoms with E-state index in [1.807, 2.05) is 0 Å². The van der Waals surface area contributed by atoms with Crippen LogP contribution in [0.15, 0.2) is 16.6 Å². The number of esters is 1. The van der Waals surface area contributed by atoms with Gasteiger partial charge in [0.2, 0.25) is 0 Å². The van der Waals surface area contributed by atoms with E-state index >= 15 is 0 Å². The van der Waals surface area contributed by atoms with E-state index in [9.17, 15) is 4.79 Å². The second-order valence-corrected chi connectivity index (χ2v) is 3.67. The molecule has 0 bridgehead atoms. The molecule has 0 spiro atoms. The lowest BCUT2D eigenvalue weighted by atomic mass is 10.2. The molecule has 0 aliphatic rings. The molecule has 0 saturated carbocycles. The molecule has 3 nitrogen and oxygen atoms in total. The fraction of sp³-hybridized carbons (Fsp3) is 0.222. The highest BCUT2D eigenvalue weighted by atomic mass is 79.9. The number of carbonyl (C=O) groups excluding carboxylic acids is 1. The number of carbonyl (C=O) groups is 1. The fourth-order valence-electron chi connectivity index (χ4n) is 1.00. The molecule has 0 heterocycles. The van der Waals surface area contributed by atoms with Crippen molar-refractivity contribution < 1.29 is 14.3 Å². The Kier molecular flexibility index (Phi) is 3.77. The molecule has 0 unspecified atom stereocenters. The number of hydrogen-bond donors (Lipinski definition) is 0. The third-order valence-electron chi connectivity index (χ3n) is 1.66. The smallest absolute Gasteiger partial charge is 0.341 e. The first kappa shape index (κ1) is 11.3. The van der Waals surface area contributed by atoms with Crippen LogP contribution in [0, 0.1) is 0 Å². The number of ether oxygens (including phenoxy) is 2. The Labute approximate surface area is 95.1 Å². The summed E-state index contributed by atoms with van der Waals surface area (Å²) in [4.78, 5) is 11.3. The van der Waals surface area contributed by atoms with E-state index in [0.717, 1.165) is 0 Å². The van der Waals surface area contributed by atoms with Crippen molar-refractivity contribution in [1.82, 2.24) is 0 Å². The SMILES string of the molecule is COC(=O)c1ccc(Br)c(Cl)c1OC. The monoisotopic (exact) mass is 278 g/mol. The highest BCUT2D eigenvalue weighted by Crippen LogP contribution is 2.35. The number of hydrogen-bond acceptors (Lipinski definition) is 3. The molecule has 0 N–H and O–H groups in total.